The largest absolute Gasteiger partial charge is 0.497 e. The van der Waals surface area contributed by atoms with Crippen LogP contribution in [0.4, 0.5) is 0 Å². The van der Waals surface area contributed by atoms with E-state index in [1.165, 1.54) is 0 Å². The molecule has 0 N–H and O–H groups in total. The van der Waals surface area contributed by atoms with Gasteiger partial charge in [0.1, 0.15) is 22.5 Å². The Morgan fingerprint density at radius 2 is 1.00 bits per heavy atom. The molecule has 0 aliphatic heterocycles. The lowest BCUT2D eigenvalue weighted by Gasteiger charge is -2.06. The fourth-order valence-corrected chi connectivity index (χ4v) is 6.58. The summed E-state index contributed by atoms with van der Waals surface area (Å²) in [5.74, 6) is 1.62. The van der Waals surface area contributed by atoms with Crippen LogP contribution in [0.15, 0.2) is 146 Å². The minimum atomic E-state index is 0.593. The molecule has 0 aliphatic rings. The smallest absolute Gasteiger partial charge is 0.179 e. The Labute approximate surface area is 321 Å². The van der Waals surface area contributed by atoms with Crippen LogP contribution < -0.4 is 9.47 Å². The van der Waals surface area contributed by atoms with E-state index in [2.05, 4.69) is 67.0 Å². The molecule has 12 heteroatoms. The molecule has 0 spiro atoms. The molecule has 0 bridgehead atoms. The van der Waals surface area contributed by atoms with Crippen molar-refractivity contribution >= 4 is 44.1 Å². The van der Waals surface area contributed by atoms with E-state index in [-0.39, 0.29) is 0 Å². The molecule has 12 nitrogen and oxygen atoms in total. The zero-order chi connectivity index (χ0) is 37.8. The first kappa shape index (κ1) is 34.2. The van der Waals surface area contributed by atoms with Gasteiger partial charge in [-0.25, -0.2) is 19.3 Å². The Hall–Kier alpha value is -7.60. The van der Waals surface area contributed by atoms with E-state index in [0.717, 1.165) is 89.3 Å². The molecule has 10 aromatic rings. The standard InChI is InChI=1S/2C22H17N5O/c1-28-18-6-2-4-17(13-18)20-9-10-21-22(24-20)27(26-25-21)14-15-7-8-19-16(12-15)5-3-11-23-19;1-28-18-7-5-16(6-8-18)20-10-11-21-22(24-20)27(26-25-21)14-15-4-9-19-17(13-15)3-2-12-23-19/h2*2-13H,14H2,1H3. The molecule has 0 aliphatic carbocycles. The van der Waals surface area contributed by atoms with E-state index in [0.29, 0.717) is 13.1 Å². The number of rotatable bonds is 8. The Morgan fingerprint density at radius 3 is 1.55 bits per heavy atom. The van der Waals surface area contributed by atoms with E-state index >= 15 is 0 Å². The van der Waals surface area contributed by atoms with Gasteiger partial charge in [-0.15, -0.1) is 10.2 Å². The van der Waals surface area contributed by atoms with Crippen LogP contribution in [0.25, 0.3) is 66.6 Å². The van der Waals surface area contributed by atoms with Crippen LogP contribution in [-0.2, 0) is 13.1 Å². The summed E-state index contributed by atoms with van der Waals surface area (Å²) in [4.78, 5) is 18.4. The highest BCUT2D eigenvalue weighted by atomic mass is 16.5. The molecule has 272 valence electrons. The maximum atomic E-state index is 5.32. The first-order chi connectivity index (χ1) is 27.6. The van der Waals surface area contributed by atoms with Gasteiger partial charge in [0.2, 0.25) is 0 Å². The van der Waals surface area contributed by atoms with Gasteiger partial charge < -0.3 is 9.47 Å². The number of ether oxygens (including phenoxy) is 2. The molecule has 0 unspecified atom stereocenters. The monoisotopic (exact) mass is 734 g/mol. The number of aromatic nitrogens is 10. The number of benzene rings is 4. The summed E-state index contributed by atoms with van der Waals surface area (Å²) in [7, 11) is 3.32. The van der Waals surface area contributed by atoms with Crippen molar-refractivity contribution in [2.24, 2.45) is 0 Å². The third-order valence-corrected chi connectivity index (χ3v) is 9.47. The predicted molar refractivity (Wildman–Crippen MR) is 216 cm³/mol. The molecule has 0 saturated heterocycles. The zero-order valence-electron chi connectivity index (χ0n) is 30.6. The molecule has 6 aromatic heterocycles. The van der Waals surface area contributed by atoms with Crippen molar-refractivity contribution in [3.63, 3.8) is 0 Å². The van der Waals surface area contributed by atoms with Crippen molar-refractivity contribution in [1.29, 1.82) is 0 Å². The first-order valence-electron chi connectivity index (χ1n) is 18.0. The minimum Gasteiger partial charge on any atom is -0.497 e. The molecule has 10 rings (SSSR count). The van der Waals surface area contributed by atoms with Gasteiger partial charge >= 0.3 is 0 Å². The van der Waals surface area contributed by atoms with Gasteiger partial charge in [-0.2, -0.15) is 0 Å². The molecule has 0 amide bonds. The number of nitrogens with zero attached hydrogens (tertiary/aromatic N) is 10. The van der Waals surface area contributed by atoms with Gasteiger partial charge in [0.05, 0.1) is 49.7 Å². The molecule has 0 fully saturated rings. The van der Waals surface area contributed by atoms with Crippen LogP contribution in [0.2, 0.25) is 0 Å². The predicted octanol–water partition coefficient (Wildman–Crippen LogP) is 8.20. The summed E-state index contributed by atoms with van der Waals surface area (Å²) in [6.45, 7) is 1.19. The van der Waals surface area contributed by atoms with E-state index in [1.807, 2.05) is 106 Å². The topological polar surface area (TPSA) is 131 Å². The van der Waals surface area contributed by atoms with Crippen LogP contribution >= 0.6 is 0 Å². The number of fused-ring (bicyclic) bond motifs is 4. The van der Waals surface area contributed by atoms with E-state index < -0.39 is 0 Å². The normalized spacial score (nSPS) is 11.2. The van der Waals surface area contributed by atoms with Gasteiger partial charge in [0, 0.05) is 34.3 Å². The van der Waals surface area contributed by atoms with E-state index in [9.17, 15) is 0 Å². The second-order valence-corrected chi connectivity index (χ2v) is 13.1. The summed E-state index contributed by atoms with van der Waals surface area (Å²) in [5.41, 5.74) is 11.0. The van der Waals surface area contributed by atoms with Crippen LogP contribution in [-0.4, -0.2) is 64.1 Å². The highest BCUT2D eigenvalue weighted by Crippen LogP contribution is 2.26. The quantitative estimate of drug-likeness (QED) is 0.151. The molecule has 0 atom stereocenters. The average Bonchev–Trinajstić information content (AvgIpc) is 3.86. The second-order valence-electron chi connectivity index (χ2n) is 13.1. The van der Waals surface area contributed by atoms with Gasteiger partial charge in [0.25, 0.3) is 0 Å². The Morgan fingerprint density at radius 1 is 0.464 bits per heavy atom. The van der Waals surface area contributed by atoms with Crippen LogP contribution in [0, 0.1) is 0 Å². The zero-order valence-corrected chi connectivity index (χ0v) is 30.6. The molecular formula is C44H34N10O2. The molecule has 0 saturated carbocycles. The Bertz CT molecular complexity index is 2980. The first-order valence-corrected chi connectivity index (χ1v) is 18.0. The van der Waals surface area contributed by atoms with Crippen LogP contribution in [0.5, 0.6) is 11.5 Å². The molecule has 56 heavy (non-hydrogen) atoms. The number of methoxy groups -OCH3 is 2. The summed E-state index contributed by atoms with van der Waals surface area (Å²) >= 11 is 0. The maximum absolute atomic E-state index is 5.32. The highest BCUT2D eigenvalue weighted by molar-refractivity contribution is 5.80. The third kappa shape index (κ3) is 7.06. The lowest BCUT2D eigenvalue weighted by molar-refractivity contribution is 0.415. The summed E-state index contributed by atoms with van der Waals surface area (Å²) < 4.78 is 14.2. The van der Waals surface area contributed by atoms with E-state index in [1.54, 1.807) is 26.6 Å². The fraction of sp³-hybridized carbons (Fsp3) is 0.0909. The molecule has 0 radical (unpaired) electrons. The van der Waals surface area contributed by atoms with Crippen molar-refractivity contribution < 1.29 is 9.47 Å². The Balaban J connectivity index is 0.000000146. The van der Waals surface area contributed by atoms with Crippen molar-refractivity contribution in [2.75, 3.05) is 14.2 Å². The molecular weight excluding hydrogens is 701 g/mol. The summed E-state index contributed by atoms with van der Waals surface area (Å²) in [6, 6.07) is 44.0. The minimum absolute atomic E-state index is 0.593. The SMILES string of the molecule is COc1ccc(-c2ccc3nnn(Cc4ccc5ncccc5c4)c3n2)cc1.COc1cccc(-c2ccc3nnn(Cc4ccc5ncccc5c4)c3n2)c1. The lowest BCUT2D eigenvalue weighted by atomic mass is 10.1. The van der Waals surface area contributed by atoms with Gasteiger partial charge in [0.15, 0.2) is 11.3 Å². The fourth-order valence-electron chi connectivity index (χ4n) is 6.58. The van der Waals surface area contributed by atoms with Crippen molar-refractivity contribution in [1.82, 2.24) is 49.9 Å². The van der Waals surface area contributed by atoms with Gasteiger partial charge in [-0.05, 0) is 108 Å². The second kappa shape index (κ2) is 15.0. The lowest BCUT2D eigenvalue weighted by Crippen LogP contribution is -2.03. The van der Waals surface area contributed by atoms with Gasteiger partial charge in [-0.3, -0.25) is 9.97 Å². The highest BCUT2D eigenvalue weighted by Gasteiger charge is 2.12. The number of hydrogen-bond acceptors (Lipinski definition) is 10. The average molecular weight is 735 g/mol. The molecule has 4 aromatic carbocycles. The number of pyridine rings is 4. The molecule has 6 heterocycles. The Kier molecular flexibility index (Phi) is 9.18. The summed E-state index contributed by atoms with van der Waals surface area (Å²) in [6.07, 6.45) is 3.61. The number of hydrogen-bond donors (Lipinski definition) is 0. The van der Waals surface area contributed by atoms with Gasteiger partial charge in [-0.1, -0.05) is 46.8 Å². The maximum Gasteiger partial charge on any atom is 0.179 e. The third-order valence-electron chi connectivity index (χ3n) is 9.47. The summed E-state index contributed by atoms with van der Waals surface area (Å²) in [5, 5.41) is 19.3. The van der Waals surface area contributed by atoms with Crippen molar-refractivity contribution in [3.05, 3.63) is 157 Å². The van der Waals surface area contributed by atoms with Crippen LogP contribution in [0.1, 0.15) is 11.1 Å². The van der Waals surface area contributed by atoms with Crippen molar-refractivity contribution in [2.45, 2.75) is 13.1 Å². The van der Waals surface area contributed by atoms with Crippen molar-refractivity contribution in [3.8, 4) is 34.0 Å². The van der Waals surface area contributed by atoms with E-state index in [4.69, 9.17) is 19.4 Å². The van der Waals surface area contributed by atoms with Crippen LogP contribution in [0.3, 0.4) is 0 Å².